The van der Waals surface area contributed by atoms with Crippen LogP contribution in [0.5, 0.6) is 0 Å². The van der Waals surface area contributed by atoms with Crippen molar-refractivity contribution in [2.45, 2.75) is 42.6 Å². The number of amides is 4. The lowest BCUT2D eigenvalue weighted by Gasteiger charge is -2.27. The van der Waals surface area contributed by atoms with E-state index in [0.29, 0.717) is 133 Å². The van der Waals surface area contributed by atoms with Gasteiger partial charge in [0.2, 0.25) is 22.2 Å². The highest BCUT2D eigenvalue weighted by Gasteiger charge is 2.41. The molecule has 0 atom stereocenters. The summed E-state index contributed by atoms with van der Waals surface area (Å²) in [5.41, 5.74) is 1.22. The molecule has 0 spiro atoms. The predicted molar refractivity (Wildman–Crippen MR) is 364 cm³/mol. The lowest BCUT2D eigenvalue weighted by molar-refractivity contribution is 0.0696. The first kappa shape index (κ1) is 69.3. The average molecular weight is 1430 g/mol. The van der Waals surface area contributed by atoms with Crippen LogP contribution in [0.25, 0.3) is 12.2 Å². The summed E-state index contributed by atoms with van der Waals surface area (Å²) in [6.45, 7) is 13.3. The molecule has 0 unspecified atom stereocenters. The van der Waals surface area contributed by atoms with Gasteiger partial charge >= 0.3 is 0 Å². The maximum Gasteiger partial charge on any atom is 0.294 e. The second-order valence-electron chi connectivity index (χ2n) is 21.3. The summed E-state index contributed by atoms with van der Waals surface area (Å²) in [5, 5.41) is 56.6. The molecule has 4 amide bonds. The molecular weight excluding hydrogens is 1370 g/mol. The van der Waals surface area contributed by atoms with E-state index in [9.17, 15) is 60.7 Å². The van der Waals surface area contributed by atoms with Crippen LogP contribution in [-0.2, 0) is 29.7 Å². The first-order valence-corrected chi connectivity index (χ1v) is 35.7. The summed E-state index contributed by atoms with van der Waals surface area (Å²) < 4.78 is 78.4. The monoisotopic (exact) mass is 1430 g/mol. The van der Waals surface area contributed by atoms with E-state index in [1.807, 2.05) is 73.9 Å². The number of aliphatic hydroxyl groups is 1. The standard InChI is InChI=1S/C61H59N19O13S5/c1-5-75(6-2)35-9-15-45(71-73-60-66-51(77-17-22-92-23-18-77)49(95-60)29-37(33-62)79-53(82)41-13-11-39(97(86,87)88)31-43(41)55(79)84)47(27-35)64-57-68-58(70-59(69-57)94-26-21-81)65-48-28-36(76(7-3)8-4)10-16-46(48)72-74-61-67-52(78-19-24-93-25-20-78)50(96-61)30-38(34-63)80-54(83)42-14-12-40(98(89,90)91)32-44(42)56(80)85/h9-16,27-32,81H,5-8,17-26H2,1-4H3,(H,86,87,88)(H,89,90,91)(H2,64,65,68,69,70)/b37-29+,38-30+,73-71?,74-72?. The van der Waals surface area contributed by atoms with Crippen LogP contribution in [-0.4, -0.2) is 181 Å². The van der Waals surface area contributed by atoms with E-state index in [4.69, 9.17) is 34.4 Å². The van der Waals surface area contributed by atoms with Gasteiger partial charge in [0.1, 0.15) is 46.5 Å². The molecule has 98 heavy (non-hydrogen) atoms. The predicted octanol–water partition coefficient (Wildman–Crippen LogP) is 9.37. The van der Waals surface area contributed by atoms with Gasteiger partial charge in [0.15, 0.2) is 5.16 Å². The minimum Gasteiger partial charge on any atom is -0.396 e. The number of aromatic nitrogens is 5. The Labute approximate surface area is 572 Å². The highest BCUT2D eigenvalue weighted by molar-refractivity contribution is 7.99. The van der Waals surface area contributed by atoms with Crippen LogP contribution in [0.15, 0.2) is 120 Å². The first-order valence-electron chi connectivity index (χ1n) is 30.2. The fraction of sp³-hybridized carbons (Fsp3) is 0.295. The van der Waals surface area contributed by atoms with Crippen LogP contribution < -0.4 is 30.2 Å². The van der Waals surface area contributed by atoms with Gasteiger partial charge in [-0.1, -0.05) is 34.4 Å². The van der Waals surface area contributed by atoms with E-state index < -0.39 is 65.1 Å². The van der Waals surface area contributed by atoms with Crippen LogP contribution in [0.3, 0.4) is 0 Å². The molecule has 3 aromatic heterocycles. The van der Waals surface area contributed by atoms with Crippen molar-refractivity contribution in [2.75, 3.05) is 121 Å². The third kappa shape index (κ3) is 14.9. The van der Waals surface area contributed by atoms with Crippen molar-refractivity contribution in [1.29, 1.82) is 10.5 Å². The van der Waals surface area contributed by atoms with Gasteiger partial charge in [0.05, 0.1) is 86.2 Å². The number of anilines is 8. The minimum absolute atomic E-state index is 0.0432. The number of ether oxygens (including phenoxy) is 2. The lowest BCUT2D eigenvalue weighted by atomic mass is 10.1. The summed E-state index contributed by atoms with van der Waals surface area (Å²) >= 11 is 3.18. The molecule has 7 aromatic rings. The number of fused-ring (bicyclic) bond motifs is 2. The summed E-state index contributed by atoms with van der Waals surface area (Å²) in [4.78, 5) is 87.5. The molecule has 2 saturated heterocycles. The van der Waals surface area contributed by atoms with E-state index in [0.717, 1.165) is 82.2 Å². The molecule has 32 nitrogen and oxygen atoms in total. The minimum atomic E-state index is -4.74. The number of azo groups is 2. The smallest absolute Gasteiger partial charge is 0.294 e. The lowest BCUT2D eigenvalue weighted by Crippen LogP contribution is -2.36. The van der Waals surface area contributed by atoms with Gasteiger partial charge in [-0.3, -0.25) is 28.3 Å². The average Bonchev–Trinajstić information content (AvgIpc) is 1.61. The van der Waals surface area contributed by atoms with E-state index in [-0.39, 0.29) is 61.9 Å². The van der Waals surface area contributed by atoms with Crippen molar-refractivity contribution in [2.24, 2.45) is 20.5 Å². The number of hydrogen-bond donors (Lipinski definition) is 5. The molecule has 7 heterocycles. The fourth-order valence-electron chi connectivity index (χ4n) is 10.7. The number of thiazole rings is 2. The number of carbonyl (C=O) groups excluding carboxylic acids is 4. The molecule has 4 aliphatic heterocycles. The van der Waals surface area contributed by atoms with Gasteiger partial charge in [0.25, 0.3) is 43.9 Å². The molecule has 506 valence electrons. The topological polar surface area (TPSA) is 421 Å². The Morgan fingerprint density at radius 3 is 1.35 bits per heavy atom. The van der Waals surface area contributed by atoms with Crippen molar-refractivity contribution in [3.05, 3.63) is 116 Å². The van der Waals surface area contributed by atoms with Gasteiger partial charge in [-0.05, 0) is 113 Å². The Morgan fingerprint density at radius 2 is 0.980 bits per heavy atom. The number of nitriles is 2. The molecule has 37 heteroatoms. The van der Waals surface area contributed by atoms with Gasteiger partial charge in [-0.15, -0.1) is 20.5 Å². The second-order valence-corrected chi connectivity index (χ2v) is 27.3. The Balaban J connectivity index is 0.928. The van der Waals surface area contributed by atoms with E-state index >= 15 is 0 Å². The number of nitrogens with one attached hydrogen (secondary N) is 2. The highest BCUT2D eigenvalue weighted by atomic mass is 32.2. The van der Waals surface area contributed by atoms with Gasteiger partial charge in [-0.2, -0.15) is 52.3 Å². The van der Waals surface area contributed by atoms with E-state index in [2.05, 4.69) is 40.9 Å². The highest BCUT2D eigenvalue weighted by Crippen LogP contribution is 2.42. The van der Waals surface area contributed by atoms with Crippen molar-refractivity contribution < 1.29 is 59.7 Å². The van der Waals surface area contributed by atoms with Crippen LogP contribution in [0.1, 0.15) is 78.9 Å². The molecule has 11 rings (SSSR count). The summed E-state index contributed by atoms with van der Waals surface area (Å²) in [5.74, 6) is -2.70. The summed E-state index contributed by atoms with van der Waals surface area (Å²) in [6, 6.07) is 20.7. The van der Waals surface area contributed by atoms with Gasteiger partial charge < -0.3 is 44.8 Å². The van der Waals surface area contributed by atoms with Crippen molar-refractivity contribution in [3.8, 4) is 12.1 Å². The summed E-state index contributed by atoms with van der Waals surface area (Å²) in [6.07, 6.45) is 2.64. The third-order valence-corrected chi connectivity index (χ3v) is 19.8. The van der Waals surface area contributed by atoms with Crippen LogP contribution in [0.2, 0.25) is 0 Å². The van der Waals surface area contributed by atoms with Crippen LogP contribution in [0.4, 0.5) is 67.9 Å². The molecule has 0 bridgehead atoms. The molecule has 2 fully saturated rings. The zero-order valence-electron chi connectivity index (χ0n) is 52.6. The number of thioether (sulfide) groups is 1. The Kier molecular flexibility index (Phi) is 21.0. The Hall–Kier alpha value is -10.1. The quantitative estimate of drug-likeness (QED) is 0.0117. The number of benzene rings is 4. The number of allylic oxidation sites excluding steroid dienone is 2. The molecule has 4 aromatic carbocycles. The number of nitrogens with zero attached hydrogens (tertiary/aromatic N) is 17. The Bertz CT molecular complexity index is 4490. The van der Waals surface area contributed by atoms with Gasteiger partial charge in [-0.25, -0.2) is 9.80 Å². The number of morpholine rings is 2. The third-order valence-electron chi connectivity index (χ3n) is 15.6. The molecular formula is C61H59N19O13S5. The van der Waals surface area contributed by atoms with Crippen LogP contribution >= 0.6 is 34.4 Å². The number of rotatable bonds is 25. The molecule has 0 saturated carbocycles. The number of carbonyl (C=O) groups is 4. The zero-order valence-corrected chi connectivity index (χ0v) is 56.6. The first-order chi connectivity index (χ1) is 47.1. The van der Waals surface area contributed by atoms with E-state index in [1.54, 1.807) is 12.1 Å². The maximum absolute atomic E-state index is 13.7. The van der Waals surface area contributed by atoms with Gasteiger partial charge in [0, 0.05) is 69.5 Å². The number of hydrogen-bond acceptors (Lipinski definition) is 31. The maximum atomic E-state index is 13.7. The Morgan fingerprint density at radius 1 is 0.582 bits per heavy atom. The fourth-order valence-corrected chi connectivity index (χ4v) is 14.0. The normalized spacial score (nSPS) is 15.4. The zero-order chi connectivity index (χ0) is 69.6. The second kappa shape index (κ2) is 29.7. The van der Waals surface area contributed by atoms with Crippen molar-refractivity contribution in [3.63, 3.8) is 0 Å². The van der Waals surface area contributed by atoms with Crippen molar-refractivity contribution >= 4 is 158 Å². The number of imide groups is 2. The molecule has 0 radical (unpaired) electrons. The van der Waals surface area contributed by atoms with Crippen LogP contribution in [0, 0.1) is 22.7 Å². The molecule has 5 N–H and O–H groups in total. The largest absolute Gasteiger partial charge is 0.396 e. The molecule has 0 aliphatic carbocycles. The SMILES string of the molecule is CCN(CC)c1ccc(N=Nc2nc(N3CCOCC3)c(/C=C(\C#N)N3C(=O)c4ccc(S(=O)(=O)O)cc4C3=O)s2)c(Nc2nc(Nc3cc(N(CC)CC)ccc3N=Nc3nc(N4CCOCC4)c(/C=C(\C#N)N4C(=O)c5ccc(S(=O)(=O)O)cc5C4=O)s3)nc(SCCO)n2)c1. The molecule has 4 aliphatic rings. The number of aliphatic hydroxyl groups excluding tert-OH is 1. The summed E-state index contributed by atoms with van der Waals surface area (Å²) in [7, 11) is -9.48. The van der Waals surface area contributed by atoms with Crippen molar-refractivity contribution in [1.82, 2.24) is 34.7 Å². The van der Waals surface area contributed by atoms with E-state index in [1.165, 1.54) is 12.2 Å².